The molecule has 0 aliphatic carbocycles. The Labute approximate surface area is 117 Å². The molecule has 4 nitrogen and oxygen atoms in total. The molecule has 0 aliphatic rings. The van der Waals surface area contributed by atoms with E-state index in [1.807, 2.05) is 13.0 Å². The van der Waals surface area contributed by atoms with Crippen LogP contribution in [0.5, 0.6) is 5.75 Å². The van der Waals surface area contributed by atoms with Gasteiger partial charge in [0.15, 0.2) is 5.78 Å². The fourth-order valence-electron chi connectivity index (χ4n) is 1.49. The lowest BCUT2D eigenvalue weighted by atomic mass is 10.1. The molecule has 0 saturated carbocycles. The van der Waals surface area contributed by atoms with Gasteiger partial charge in [0.1, 0.15) is 5.75 Å². The molecule has 0 amide bonds. The number of carbonyl (C=O) groups excluding carboxylic acids is 2. The Bertz CT molecular complexity index is 431. The van der Waals surface area contributed by atoms with E-state index in [0.717, 1.165) is 0 Å². The van der Waals surface area contributed by atoms with Crippen LogP contribution in [0.15, 0.2) is 24.3 Å². The minimum Gasteiger partial charge on any atom is -0.493 e. The molecular weight excluding hydrogens is 264 g/mol. The molecule has 0 heterocycles. The van der Waals surface area contributed by atoms with Crippen molar-refractivity contribution in [3.8, 4) is 5.75 Å². The molecule has 0 fully saturated rings. The summed E-state index contributed by atoms with van der Waals surface area (Å²) >= 11 is 1.25. The van der Waals surface area contributed by atoms with Crippen LogP contribution >= 0.6 is 11.8 Å². The maximum absolute atomic E-state index is 12.0. The van der Waals surface area contributed by atoms with Gasteiger partial charge in [-0.15, -0.1) is 11.8 Å². The Morgan fingerprint density at radius 2 is 1.84 bits per heavy atom. The standard InChI is InChI=1S/C14H18O4S/c1-3-17-13-8-6-5-7-11(13)12(15)9-19-10-14(16)18-4-2/h5-8H,3-4,9-10H2,1-2H3. The second-order valence-corrected chi connectivity index (χ2v) is 4.64. The first-order valence-corrected chi connectivity index (χ1v) is 7.32. The average molecular weight is 282 g/mol. The van der Waals surface area contributed by atoms with Crippen molar-refractivity contribution in [1.29, 1.82) is 0 Å². The van der Waals surface area contributed by atoms with Gasteiger partial charge in [0.2, 0.25) is 0 Å². The topological polar surface area (TPSA) is 52.6 Å². The number of carbonyl (C=O) groups is 2. The summed E-state index contributed by atoms with van der Waals surface area (Å²) in [6.45, 7) is 4.50. The third-order valence-electron chi connectivity index (χ3n) is 2.25. The van der Waals surface area contributed by atoms with Crippen LogP contribution in [0.1, 0.15) is 24.2 Å². The van der Waals surface area contributed by atoms with E-state index in [4.69, 9.17) is 9.47 Å². The van der Waals surface area contributed by atoms with E-state index in [0.29, 0.717) is 24.5 Å². The smallest absolute Gasteiger partial charge is 0.315 e. The number of ether oxygens (including phenoxy) is 2. The van der Waals surface area contributed by atoms with Crippen molar-refractivity contribution in [2.45, 2.75) is 13.8 Å². The van der Waals surface area contributed by atoms with Crippen molar-refractivity contribution in [3.63, 3.8) is 0 Å². The molecule has 0 N–H and O–H groups in total. The summed E-state index contributed by atoms with van der Waals surface area (Å²) in [5.74, 6) is 0.683. The summed E-state index contributed by atoms with van der Waals surface area (Å²) in [6, 6.07) is 7.13. The van der Waals surface area contributed by atoms with Crippen molar-refractivity contribution in [2.75, 3.05) is 24.7 Å². The molecule has 5 heteroatoms. The Balaban J connectivity index is 2.51. The monoisotopic (exact) mass is 282 g/mol. The van der Waals surface area contributed by atoms with Crippen molar-refractivity contribution in [1.82, 2.24) is 0 Å². The molecule has 0 aliphatic heterocycles. The fourth-order valence-corrected chi connectivity index (χ4v) is 2.18. The third-order valence-corrected chi connectivity index (χ3v) is 3.15. The zero-order valence-corrected chi connectivity index (χ0v) is 12.0. The maximum atomic E-state index is 12.0. The summed E-state index contributed by atoms with van der Waals surface area (Å²) in [5.41, 5.74) is 0.556. The lowest BCUT2D eigenvalue weighted by molar-refractivity contribution is -0.139. The highest BCUT2D eigenvalue weighted by molar-refractivity contribution is 8.00. The summed E-state index contributed by atoms with van der Waals surface area (Å²) < 4.78 is 10.2. The van der Waals surface area contributed by atoms with Gasteiger partial charge in [-0.3, -0.25) is 9.59 Å². The number of rotatable bonds is 8. The number of hydrogen-bond donors (Lipinski definition) is 0. The van der Waals surface area contributed by atoms with Gasteiger partial charge in [-0.2, -0.15) is 0 Å². The number of esters is 1. The molecule has 1 rings (SSSR count). The van der Waals surface area contributed by atoms with Crippen LogP contribution < -0.4 is 4.74 Å². The van der Waals surface area contributed by atoms with E-state index >= 15 is 0 Å². The molecule has 0 atom stereocenters. The van der Waals surface area contributed by atoms with Crippen molar-refractivity contribution >= 4 is 23.5 Å². The second-order valence-electron chi connectivity index (χ2n) is 3.65. The number of benzene rings is 1. The van der Waals surface area contributed by atoms with Gasteiger partial charge >= 0.3 is 5.97 Å². The highest BCUT2D eigenvalue weighted by atomic mass is 32.2. The first-order valence-electron chi connectivity index (χ1n) is 6.17. The molecule has 19 heavy (non-hydrogen) atoms. The van der Waals surface area contributed by atoms with E-state index in [2.05, 4.69) is 0 Å². The van der Waals surface area contributed by atoms with E-state index < -0.39 is 0 Å². The Morgan fingerprint density at radius 3 is 2.53 bits per heavy atom. The molecule has 1 aromatic carbocycles. The van der Waals surface area contributed by atoms with Crippen LogP contribution in [-0.2, 0) is 9.53 Å². The first-order chi connectivity index (χ1) is 9.19. The summed E-state index contributed by atoms with van der Waals surface area (Å²) in [4.78, 5) is 23.2. The van der Waals surface area contributed by atoms with Gasteiger partial charge in [0, 0.05) is 0 Å². The highest BCUT2D eigenvalue weighted by Gasteiger charge is 2.12. The molecule has 0 radical (unpaired) electrons. The Hall–Kier alpha value is -1.49. The fraction of sp³-hybridized carbons (Fsp3) is 0.429. The minimum absolute atomic E-state index is 0.0432. The number of para-hydroxylation sites is 1. The largest absolute Gasteiger partial charge is 0.493 e. The lowest BCUT2D eigenvalue weighted by Gasteiger charge is -2.08. The van der Waals surface area contributed by atoms with E-state index in [-0.39, 0.29) is 23.3 Å². The van der Waals surface area contributed by atoms with Gasteiger partial charge in [-0.05, 0) is 26.0 Å². The van der Waals surface area contributed by atoms with Crippen LogP contribution in [0.3, 0.4) is 0 Å². The van der Waals surface area contributed by atoms with Crippen molar-refractivity contribution < 1.29 is 19.1 Å². The molecular formula is C14H18O4S. The SMILES string of the molecule is CCOC(=O)CSCC(=O)c1ccccc1OCC. The molecule has 104 valence electrons. The van der Waals surface area contributed by atoms with Gasteiger partial charge < -0.3 is 9.47 Å². The molecule has 0 aromatic heterocycles. The summed E-state index contributed by atoms with van der Waals surface area (Å²) in [7, 11) is 0. The normalized spacial score (nSPS) is 10.0. The van der Waals surface area contributed by atoms with Crippen LogP contribution in [0, 0.1) is 0 Å². The summed E-state index contributed by atoms with van der Waals surface area (Å²) in [5, 5.41) is 0. The van der Waals surface area contributed by atoms with Gasteiger partial charge in [-0.1, -0.05) is 12.1 Å². The van der Waals surface area contributed by atoms with E-state index in [1.165, 1.54) is 11.8 Å². The number of hydrogen-bond acceptors (Lipinski definition) is 5. The molecule has 0 saturated heterocycles. The molecule has 0 unspecified atom stereocenters. The van der Waals surface area contributed by atoms with E-state index in [9.17, 15) is 9.59 Å². The predicted molar refractivity (Wildman–Crippen MR) is 75.9 cm³/mol. The second kappa shape index (κ2) is 8.58. The lowest BCUT2D eigenvalue weighted by Crippen LogP contribution is -2.11. The van der Waals surface area contributed by atoms with Crippen LogP contribution in [0.4, 0.5) is 0 Å². The minimum atomic E-state index is -0.293. The Kier molecular flexibility index (Phi) is 7.03. The maximum Gasteiger partial charge on any atom is 0.315 e. The molecule has 0 spiro atoms. The zero-order chi connectivity index (χ0) is 14.1. The third kappa shape index (κ3) is 5.34. The average Bonchev–Trinajstić information content (AvgIpc) is 2.40. The molecule has 0 bridgehead atoms. The predicted octanol–water partition coefficient (Wildman–Crippen LogP) is 2.56. The van der Waals surface area contributed by atoms with Crippen LogP contribution in [-0.4, -0.2) is 36.5 Å². The van der Waals surface area contributed by atoms with Crippen LogP contribution in [0.2, 0.25) is 0 Å². The zero-order valence-electron chi connectivity index (χ0n) is 11.2. The van der Waals surface area contributed by atoms with Gasteiger partial charge in [0.05, 0.1) is 30.3 Å². The van der Waals surface area contributed by atoms with Crippen LogP contribution in [0.25, 0.3) is 0 Å². The number of thioether (sulfide) groups is 1. The first kappa shape index (κ1) is 15.6. The number of ketones is 1. The summed E-state index contributed by atoms with van der Waals surface area (Å²) in [6.07, 6.45) is 0. The van der Waals surface area contributed by atoms with E-state index in [1.54, 1.807) is 25.1 Å². The van der Waals surface area contributed by atoms with Gasteiger partial charge in [-0.25, -0.2) is 0 Å². The van der Waals surface area contributed by atoms with Crippen molar-refractivity contribution in [3.05, 3.63) is 29.8 Å². The molecule has 1 aromatic rings. The number of Topliss-reactive ketones (excluding diaryl/α,β-unsaturated/α-hetero) is 1. The quantitative estimate of drug-likeness (QED) is 0.542. The van der Waals surface area contributed by atoms with Crippen molar-refractivity contribution in [2.24, 2.45) is 0 Å². The Morgan fingerprint density at radius 1 is 1.11 bits per heavy atom. The van der Waals surface area contributed by atoms with Gasteiger partial charge in [0.25, 0.3) is 0 Å². The highest BCUT2D eigenvalue weighted by Crippen LogP contribution is 2.20.